The third-order valence-corrected chi connectivity index (χ3v) is 17.5. The van der Waals surface area contributed by atoms with Crippen LogP contribution in [0.25, 0.3) is 129 Å². The van der Waals surface area contributed by atoms with Gasteiger partial charge in [-0.05, 0) is 106 Å². The van der Waals surface area contributed by atoms with Gasteiger partial charge in [-0.3, -0.25) is 0 Å². The highest BCUT2D eigenvalue weighted by atomic mass is 16.5. The molecule has 0 spiro atoms. The normalized spacial score (nSPS) is 12.4. The summed E-state index contributed by atoms with van der Waals surface area (Å²) in [5.41, 5.74) is 16.9. The molecule has 3 aromatic heterocycles. The van der Waals surface area contributed by atoms with Crippen molar-refractivity contribution in [1.29, 1.82) is 0 Å². The monoisotopic (exact) mass is 1140 g/mol. The van der Waals surface area contributed by atoms with Crippen LogP contribution in [0, 0.1) is 0 Å². The first-order chi connectivity index (χ1) is 44.0. The molecule has 0 fully saturated rings. The van der Waals surface area contributed by atoms with E-state index in [1.807, 2.05) is 0 Å². The number of aryl methyl sites for hydroxylation is 2. The van der Waals surface area contributed by atoms with Gasteiger partial charge in [0, 0.05) is 72.1 Å². The molecule has 15 aromatic rings. The van der Waals surface area contributed by atoms with E-state index in [0.717, 1.165) is 118 Å². The van der Waals surface area contributed by atoms with Gasteiger partial charge in [0.1, 0.15) is 5.75 Å². The van der Waals surface area contributed by atoms with Gasteiger partial charge in [-0.2, -0.15) is 0 Å². The highest BCUT2D eigenvalue weighted by Crippen LogP contribution is 2.53. The summed E-state index contributed by atoms with van der Waals surface area (Å²) in [4.78, 5) is 32.2. The van der Waals surface area contributed by atoms with Crippen LogP contribution >= 0.6 is 0 Å². The van der Waals surface area contributed by atoms with Gasteiger partial charge in [-0.1, -0.05) is 244 Å². The van der Waals surface area contributed by atoms with Gasteiger partial charge in [-0.25, -0.2) is 29.9 Å². The Kier molecular flexibility index (Phi) is 13.2. The Bertz CT molecular complexity index is 5020. The zero-order valence-corrected chi connectivity index (χ0v) is 49.1. The summed E-state index contributed by atoms with van der Waals surface area (Å²) in [7, 11) is 0. The van der Waals surface area contributed by atoms with Gasteiger partial charge in [0.15, 0.2) is 40.5 Å². The van der Waals surface area contributed by atoms with Gasteiger partial charge in [0.25, 0.3) is 0 Å². The van der Waals surface area contributed by atoms with Gasteiger partial charge in [0.05, 0.1) is 11.0 Å². The molecule has 0 amide bonds. The molecule has 422 valence electrons. The van der Waals surface area contributed by atoms with Gasteiger partial charge in [0.2, 0.25) is 0 Å². The smallest absolute Gasteiger partial charge is 0.185 e. The van der Waals surface area contributed by atoms with Crippen molar-refractivity contribution < 1.29 is 4.74 Å². The van der Waals surface area contributed by atoms with E-state index in [9.17, 15) is 0 Å². The van der Waals surface area contributed by atoms with Crippen molar-refractivity contribution in [3.05, 3.63) is 313 Å². The van der Waals surface area contributed by atoms with Gasteiger partial charge in [-0.15, -0.1) is 0 Å². The van der Waals surface area contributed by atoms with Gasteiger partial charge < -0.3 is 9.30 Å². The average molecular weight is 1140 g/mol. The highest BCUT2D eigenvalue weighted by molar-refractivity contribution is 6.09. The Balaban J connectivity index is 0.907. The molecule has 8 nitrogen and oxygen atoms in total. The lowest BCUT2D eigenvalue weighted by Gasteiger charge is -2.41. The molecule has 0 atom stereocenters. The van der Waals surface area contributed by atoms with Crippen molar-refractivity contribution in [2.75, 3.05) is 0 Å². The first-order valence-corrected chi connectivity index (χ1v) is 30.4. The van der Waals surface area contributed by atoms with E-state index >= 15 is 0 Å². The molecule has 1 aliphatic heterocycles. The molecule has 0 aliphatic carbocycles. The van der Waals surface area contributed by atoms with Crippen molar-refractivity contribution in [2.45, 2.75) is 32.3 Å². The Labute approximate surface area is 516 Å². The third kappa shape index (κ3) is 9.41. The van der Waals surface area contributed by atoms with Crippen molar-refractivity contribution >= 4 is 32.6 Å². The molecular weight excluding hydrogens is 1090 g/mol. The number of hydrogen-bond acceptors (Lipinski definition) is 7. The summed E-state index contributed by atoms with van der Waals surface area (Å²) in [6, 6.07) is 100. The number of fused-ring (bicyclic) bond motifs is 7. The van der Waals surface area contributed by atoms with Crippen LogP contribution in [-0.2, 0) is 18.4 Å². The van der Waals surface area contributed by atoms with Crippen LogP contribution in [0.15, 0.2) is 285 Å². The minimum atomic E-state index is -0.958. The molecule has 0 N–H and O–H groups in total. The maximum atomic E-state index is 7.64. The summed E-state index contributed by atoms with van der Waals surface area (Å²) in [5, 5.41) is 4.64. The highest BCUT2D eigenvalue weighted by Gasteiger charge is 2.44. The molecule has 1 aliphatic rings. The minimum Gasteiger partial charge on any atom is -0.472 e. The Morgan fingerprint density at radius 2 is 0.753 bits per heavy atom. The van der Waals surface area contributed by atoms with Crippen molar-refractivity contribution in [1.82, 2.24) is 34.5 Å². The maximum absolute atomic E-state index is 7.64. The molecule has 89 heavy (non-hydrogen) atoms. The lowest BCUT2D eigenvalue weighted by molar-refractivity contribution is 0.152. The van der Waals surface area contributed by atoms with Crippen LogP contribution in [0.2, 0.25) is 0 Å². The van der Waals surface area contributed by atoms with Crippen LogP contribution in [0.4, 0.5) is 0 Å². The van der Waals surface area contributed by atoms with Crippen LogP contribution < -0.4 is 4.74 Å². The molecule has 8 heteroatoms. The van der Waals surface area contributed by atoms with Crippen LogP contribution in [0.3, 0.4) is 0 Å². The second kappa shape index (κ2) is 22.1. The van der Waals surface area contributed by atoms with E-state index < -0.39 is 5.60 Å². The molecule has 16 rings (SSSR count). The number of ether oxygens (including phenoxy) is 1. The number of para-hydroxylation sites is 2. The van der Waals surface area contributed by atoms with Crippen molar-refractivity contribution in [2.24, 2.45) is 0 Å². The number of aromatic nitrogens is 7. The number of hydrogen-bond donors (Lipinski definition) is 0. The second-order valence-corrected chi connectivity index (χ2v) is 22.7. The molecule has 0 unspecified atom stereocenters. The standard InChI is InChI=1S/C81H57N7O/c1-3-52-31-35-55(36-32-52)76-82-77(56-37-33-53(4-2)34-38-56)87-80(86-76)70-50-61(44-47-65(70)59-43-48-69-66-25-13-16-28-71(66)81(89-74(69)51-59,62-21-7-5-8-22-62)63-23-9-6-10-24-63)79-84-75(83-78(85-79)60-40-39-54-19-11-12-20-58(54)49-60)57-41-45-64(46-42-57)88-72-29-17-14-26-67(72)68-27-15-18-30-73(68)88/h5-51H,3-4H2,1-2H3. The fraction of sp³-hybridized carbons (Fsp3) is 0.0617. The Morgan fingerprint density at radius 3 is 1.34 bits per heavy atom. The van der Waals surface area contributed by atoms with Crippen molar-refractivity contribution in [3.8, 4) is 102 Å². The molecule has 0 saturated heterocycles. The van der Waals surface area contributed by atoms with E-state index in [4.69, 9.17) is 34.6 Å². The quantitative estimate of drug-likeness (QED) is 0.120. The summed E-state index contributed by atoms with van der Waals surface area (Å²) in [6.07, 6.45) is 1.83. The number of rotatable bonds is 12. The Morgan fingerprint density at radius 1 is 0.315 bits per heavy atom. The first kappa shape index (κ1) is 53.0. The van der Waals surface area contributed by atoms with Crippen LogP contribution in [-0.4, -0.2) is 34.5 Å². The molecular formula is C81H57N7O. The Hall–Kier alpha value is -11.5. The summed E-state index contributed by atoms with van der Waals surface area (Å²) >= 11 is 0. The molecule has 4 heterocycles. The molecule has 0 radical (unpaired) electrons. The van der Waals surface area contributed by atoms with E-state index in [2.05, 4.69) is 304 Å². The SMILES string of the molecule is CCc1ccc(-c2nc(-c3ccc(CC)cc3)nc(-c3cc(-c4nc(-c5ccc(-n6c7ccccc7c7ccccc76)cc5)nc(-c5ccc6ccccc6c5)n4)ccc3-c3ccc4c(c3)OC(c3ccccc3)(c3ccccc3)c3ccccc3-4)n2)cc1. The van der Waals surface area contributed by atoms with E-state index in [1.165, 1.54) is 21.9 Å². The predicted molar refractivity (Wildman–Crippen MR) is 361 cm³/mol. The third-order valence-electron chi connectivity index (χ3n) is 17.5. The number of nitrogens with zero attached hydrogens (tertiary/aromatic N) is 7. The topological polar surface area (TPSA) is 91.5 Å². The lowest BCUT2D eigenvalue weighted by Crippen LogP contribution is -2.38. The fourth-order valence-corrected chi connectivity index (χ4v) is 12.9. The van der Waals surface area contributed by atoms with E-state index in [-0.39, 0.29) is 0 Å². The van der Waals surface area contributed by atoms with Gasteiger partial charge >= 0.3 is 0 Å². The fourth-order valence-electron chi connectivity index (χ4n) is 12.9. The summed E-state index contributed by atoms with van der Waals surface area (Å²) < 4.78 is 9.97. The summed E-state index contributed by atoms with van der Waals surface area (Å²) in [5.74, 6) is 3.97. The van der Waals surface area contributed by atoms with Crippen LogP contribution in [0.1, 0.15) is 41.7 Å². The van der Waals surface area contributed by atoms with Crippen LogP contribution in [0.5, 0.6) is 5.75 Å². The van der Waals surface area contributed by atoms with E-state index in [0.29, 0.717) is 34.9 Å². The number of benzene rings is 12. The summed E-state index contributed by atoms with van der Waals surface area (Å²) in [6.45, 7) is 4.33. The predicted octanol–water partition coefficient (Wildman–Crippen LogP) is 19.5. The zero-order chi connectivity index (χ0) is 59.4. The minimum absolute atomic E-state index is 0.498. The first-order valence-electron chi connectivity index (χ1n) is 30.4. The average Bonchev–Trinajstić information content (AvgIpc) is 1.28. The lowest BCUT2D eigenvalue weighted by atomic mass is 9.75. The molecule has 12 aromatic carbocycles. The van der Waals surface area contributed by atoms with Crippen molar-refractivity contribution in [3.63, 3.8) is 0 Å². The maximum Gasteiger partial charge on any atom is 0.185 e. The largest absolute Gasteiger partial charge is 0.472 e. The zero-order valence-electron chi connectivity index (χ0n) is 49.1. The molecule has 0 saturated carbocycles. The van der Waals surface area contributed by atoms with E-state index in [1.54, 1.807) is 0 Å². The second-order valence-electron chi connectivity index (χ2n) is 22.7. The molecule has 0 bridgehead atoms.